The summed E-state index contributed by atoms with van der Waals surface area (Å²) in [6.07, 6.45) is 4.37. The molecule has 0 aliphatic carbocycles. The van der Waals surface area contributed by atoms with Crippen molar-refractivity contribution < 1.29 is 14.3 Å². The van der Waals surface area contributed by atoms with Crippen LogP contribution in [-0.2, 0) is 4.79 Å². The van der Waals surface area contributed by atoms with E-state index < -0.39 is 0 Å². The van der Waals surface area contributed by atoms with Crippen LogP contribution in [0.25, 0.3) is 0 Å². The van der Waals surface area contributed by atoms with Crippen LogP contribution in [0, 0.1) is 6.92 Å². The van der Waals surface area contributed by atoms with Gasteiger partial charge in [-0.3, -0.25) is 9.69 Å². The van der Waals surface area contributed by atoms with Gasteiger partial charge in [-0.15, -0.1) is 0 Å². The lowest BCUT2D eigenvalue weighted by molar-refractivity contribution is -0.131. The van der Waals surface area contributed by atoms with Crippen molar-refractivity contribution in [3.05, 3.63) is 23.8 Å². The molecule has 3 rings (SSSR count). The van der Waals surface area contributed by atoms with E-state index in [2.05, 4.69) is 17.1 Å². The Morgan fingerprint density at radius 2 is 1.76 bits per heavy atom. The van der Waals surface area contributed by atoms with Gasteiger partial charge in [0, 0.05) is 45.0 Å². The molecule has 0 radical (unpaired) electrons. The molecule has 2 aliphatic heterocycles. The van der Waals surface area contributed by atoms with Crippen molar-refractivity contribution in [1.29, 1.82) is 0 Å². The maximum atomic E-state index is 12.6. The first-order valence-corrected chi connectivity index (χ1v) is 10.9. The van der Waals surface area contributed by atoms with Crippen LogP contribution in [0.1, 0.15) is 38.2 Å². The van der Waals surface area contributed by atoms with Crippen molar-refractivity contribution in [3.63, 3.8) is 0 Å². The van der Waals surface area contributed by atoms with Crippen molar-refractivity contribution >= 4 is 17.6 Å². The maximum Gasteiger partial charge on any atom is 0.321 e. The van der Waals surface area contributed by atoms with Crippen LogP contribution in [0.2, 0.25) is 0 Å². The molecule has 2 aliphatic rings. The minimum atomic E-state index is -0.0849. The summed E-state index contributed by atoms with van der Waals surface area (Å²) in [5.41, 5.74) is 1.80. The summed E-state index contributed by atoms with van der Waals surface area (Å²) in [5, 5.41) is 3.01. The van der Waals surface area contributed by atoms with E-state index in [1.807, 2.05) is 34.9 Å². The molecule has 1 aromatic rings. The molecule has 1 aromatic carbocycles. The molecule has 2 heterocycles. The zero-order valence-electron chi connectivity index (χ0n) is 17.8. The number of ether oxygens (including phenoxy) is 1. The normalized spacial score (nSPS) is 17.4. The highest BCUT2D eigenvalue weighted by Gasteiger charge is 2.25. The summed E-state index contributed by atoms with van der Waals surface area (Å²) in [5.74, 6) is 1.06. The van der Waals surface area contributed by atoms with Crippen LogP contribution < -0.4 is 10.1 Å². The van der Waals surface area contributed by atoms with E-state index in [-0.39, 0.29) is 11.9 Å². The number of anilines is 1. The minimum Gasteiger partial charge on any atom is -0.494 e. The second-order valence-electron chi connectivity index (χ2n) is 7.96. The van der Waals surface area contributed by atoms with E-state index in [9.17, 15) is 9.59 Å². The number of nitrogens with zero attached hydrogens (tertiary/aromatic N) is 3. The smallest absolute Gasteiger partial charge is 0.321 e. The quantitative estimate of drug-likeness (QED) is 0.712. The SMILES string of the molecule is CCCCOc1ccc(NC(=O)N2CCN(CC(=O)N3CCCC3)CC2)c(C)c1. The molecule has 3 amide bonds. The Bertz CT molecular complexity index is 695. The Kier molecular flexibility index (Phi) is 7.75. The highest BCUT2D eigenvalue weighted by atomic mass is 16.5. The number of aryl methyl sites for hydroxylation is 1. The molecule has 0 atom stereocenters. The van der Waals surface area contributed by atoms with Gasteiger partial charge in [-0.25, -0.2) is 4.79 Å². The molecule has 7 nitrogen and oxygen atoms in total. The van der Waals surface area contributed by atoms with Gasteiger partial charge in [-0.05, 0) is 49.9 Å². The summed E-state index contributed by atoms with van der Waals surface area (Å²) in [7, 11) is 0. The summed E-state index contributed by atoms with van der Waals surface area (Å²) in [6.45, 7) is 9.81. The fourth-order valence-electron chi connectivity index (χ4n) is 3.76. The van der Waals surface area contributed by atoms with E-state index in [0.29, 0.717) is 26.2 Å². The van der Waals surface area contributed by atoms with Crippen molar-refractivity contribution in [2.75, 3.05) is 57.7 Å². The summed E-state index contributed by atoms with van der Waals surface area (Å²) in [6, 6.07) is 5.69. The van der Waals surface area contributed by atoms with Gasteiger partial charge in [-0.2, -0.15) is 0 Å². The molecular weight excluding hydrogens is 368 g/mol. The Hall–Kier alpha value is -2.28. The number of likely N-dealkylation sites (tertiary alicyclic amines) is 1. The molecule has 7 heteroatoms. The van der Waals surface area contributed by atoms with Crippen LogP contribution in [-0.4, -0.2) is 79.1 Å². The molecule has 160 valence electrons. The van der Waals surface area contributed by atoms with Gasteiger partial charge in [0.15, 0.2) is 0 Å². The molecule has 0 unspecified atom stereocenters. The van der Waals surface area contributed by atoms with Crippen LogP contribution in [0.15, 0.2) is 18.2 Å². The average molecular weight is 403 g/mol. The number of rotatable bonds is 7. The summed E-state index contributed by atoms with van der Waals surface area (Å²) in [4.78, 5) is 30.9. The number of unbranched alkanes of at least 4 members (excludes halogenated alkanes) is 1. The predicted molar refractivity (Wildman–Crippen MR) is 114 cm³/mol. The summed E-state index contributed by atoms with van der Waals surface area (Å²) >= 11 is 0. The third kappa shape index (κ3) is 6.10. The number of hydrogen-bond acceptors (Lipinski definition) is 4. The molecule has 0 spiro atoms. The van der Waals surface area contributed by atoms with Crippen LogP contribution in [0.4, 0.5) is 10.5 Å². The van der Waals surface area contributed by atoms with Gasteiger partial charge in [0.2, 0.25) is 5.91 Å². The number of carbonyl (C=O) groups is 2. The largest absolute Gasteiger partial charge is 0.494 e. The van der Waals surface area contributed by atoms with Crippen LogP contribution in [0.3, 0.4) is 0 Å². The zero-order valence-corrected chi connectivity index (χ0v) is 17.8. The molecule has 29 heavy (non-hydrogen) atoms. The van der Waals surface area contributed by atoms with Crippen molar-refractivity contribution in [2.24, 2.45) is 0 Å². The van der Waals surface area contributed by atoms with E-state index in [1.54, 1.807) is 0 Å². The lowest BCUT2D eigenvalue weighted by Crippen LogP contribution is -2.52. The maximum absolute atomic E-state index is 12.6. The van der Waals surface area contributed by atoms with Crippen molar-refractivity contribution in [1.82, 2.24) is 14.7 Å². The van der Waals surface area contributed by atoms with Gasteiger partial charge in [-0.1, -0.05) is 13.3 Å². The number of nitrogens with one attached hydrogen (secondary N) is 1. The molecule has 2 fully saturated rings. The van der Waals surface area contributed by atoms with Crippen molar-refractivity contribution in [2.45, 2.75) is 39.5 Å². The minimum absolute atomic E-state index is 0.0849. The number of hydrogen-bond donors (Lipinski definition) is 1. The average Bonchev–Trinajstić information content (AvgIpc) is 3.26. The Labute approximate surface area is 174 Å². The second-order valence-corrected chi connectivity index (χ2v) is 7.96. The van der Waals surface area contributed by atoms with E-state index in [0.717, 1.165) is 68.9 Å². The Morgan fingerprint density at radius 3 is 2.41 bits per heavy atom. The van der Waals surface area contributed by atoms with Gasteiger partial charge >= 0.3 is 6.03 Å². The predicted octanol–water partition coefficient (Wildman–Crippen LogP) is 2.95. The highest BCUT2D eigenvalue weighted by molar-refractivity contribution is 5.90. The molecule has 0 aromatic heterocycles. The lowest BCUT2D eigenvalue weighted by atomic mass is 10.2. The number of carbonyl (C=O) groups excluding carboxylic acids is 2. The van der Waals surface area contributed by atoms with E-state index in [1.165, 1.54) is 0 Å². The monoisotopic (exact) mass is 402 g/mol. The summed E-state index contributed by atoms with van der Waals surface area (Å²) < 4.78 is 5.72. The van der Waals surface area contributed by atoms with Crippen molar-refractivity contribution in [3.8, 4) is 5.75 Å². The molecule has 0 bridgehead atoms. The lowest BCUT2D eigenvalue weighted by Gasteiger charge is -2.35. The first kappa shape index (κ1) is 21.4. The first-order chi connectivity index (χ1) is 14.1. The second kappa shape index (κ2) is 10.5. The number of amides is 3. The molecular formula is C22H34N4O3. The number of urea groups is 1. The van der Waals surface area contributed by atoms with Gasteiger partial charge in [0.05, 0.1) is 13.2 Å². The molecule has 2 saturated heterocycles. The van der Waals surface area contributed by atoms with Gasteiger partial charge in [0.1, 0.15) is 5.75 Å². The number of benzene rings is 1. The standard InChI is InChI=1S/C22H34N4O3/c1-3-4-15-29-19-7-8-20(18(2)16-19)23-22(28)26-13-11-24(12-14-26)17-21(27)25-9-5-6-10-25/h7-8,16H,3-6,9-15,17H2,1-2H3,(H,23,28). The van der Waals surface area contributed by atoms with Crippen LogP contribution in [0.5, 0.6) is 5.75 Å². The highest BCUT2D eigenvalue weighted by Crippen LogP contribution is 2.22. The third-order valence-electron chi connectivity index (χ3n) is 5.68. The topological polar surface area (TPSA) is 65.1 Å². The fourth-order valence-corrected chi connectivity index (χ4v) is 3.76. The van der Waals surface area contributed by atoms with E-state index >= 15 is 0 Å². The molecule has 1 N–H and O–H groups in total. The van der Waals surface area contributed by atoms with E-state index in [4.69, 9.17) is 4.74 Å². The van der Waals surface area contributed by atoms with Crippen LogP contribution >= 0.6 is 0 Å². The fraction of sp³-hybridized carbons (Fsp3) is 0.636. The molecule has 0 saturated carbocycles. The number of piperazine rings is 1. The first-order valence-electron chi connectivity index (χ1n) is 10.9. The van der Waals surface area contributed by atoms with Gasteiger partial charge in [0.25, 0.3) is 0 Å². The Balaban J connectivity index is 1.44. The third-order valence-corrected chi connectivity index (χ3v) is 5.68. The Morgan fingerprint density at radius 1 is 1.03 bits per heavy atom. The van der Waals surface area contributed by atoms with Gasteiger partial charge < -0.3 is 19.9 Å². The zero-order chi connectivity index (χ0) is 20.6.